The average Bonchev–Trinajstić information content (AvgIpc) is 2.46. The highest BCUT2D eigenvalue weighted by atomic mass is 19.1. The van der Waals surface area contributed by atoms with Gasteiger partial charge in [0.15, 0.2) is 0 Å². The number of piperazine rings is 1. The summed E-state index contributed by atoms with van der Waals surface area (Å²) in [7, 11) is 0. The number of carbonyl (C=O) groups excluding carboxylic acids is 1. The first-order chi connectivity index (χ1) is 10.7. The Bertz CT molecular complexity index is 615. The third kappa shape index (κ3) is 4.38. The predicted octanol–water partition coefficient (Wildman–Crippen LogP) is 2.62. The minimum atomic E-state index is -0.876. The molecule has 1 aromatic rings. The third-order valence-electron chi connectivity index (χ3n) is 3.40. The summed E-state index contributed by atoms with van der Waals surface area (Å²) < 4.78 is 18.8. The van der Waals surface area contributed by atoms with Gasteiger partial charge in [0.2, 0.25) is 5.82 Å². The van der Waals surface area contributed by atoms with Gasteiger partial charge in [-0.3, -0.25) is 10.1 Å². The van der Waals surface area contributed by atoms with Gasteiger partial charge in [0, 0.05) is 25.7 Å². The van der Waals surface area contributed by atoms with Gasteiger partial charge in [0.1, 0.15) is 5.60 Å². The molecule has 0 bridgehead atoms. The maximum Gasteiger partial charge on any atom is 0.410 e. The largest absolute Gasteiger partial charge is 0.444 e. The van der Waals surface area contributed by atoms with Gasteiger partial charge in [-0.05, 0) is 32.4 Å². The number of nitrogens with one attached hydrogen (secondary N) is 1. The molecular formula is C15H20FN3O4. The van der Waals surface area contributed by atoms with Crippen molar-refractivity contribution in [1.29, 1.82) is 0 Å². The van der Waals surface area contributed by atoms with Crippen molar-refractivity contribution in [3.63, 3.8) is 0 Å². The van der Waals surface area contributed by atoms with E-state index >= 15 is 0 Å². The fraction of sp³-hybridized carbons (Fsp3) is 0.533. The second kappa shape index (κ2) is 6.49. The number of benzene rings is 1. The number of halogens is 1. The third-order valence-corrected chi connectivity index (χ3v) is 3.40. The molecule has 23 heavy (non-hydrogen) atoms. The Labute approximate surface area is 133 Å². The van der Waals surface area contributed by atoms with Crippen LogP contribution in [0, 0.1) is 15.9 Å². The lowest BCUT2D eigenvalue weighted by Crippen LogP contribution is -2.49. The van der Waals surface area contributed by atoms with E-state index in [0.29, 0.717) is 25.2 Å². The predicted molar refractivity (Wildman–Crippen MR) is 81.6 cm³/mol. The molecule has 1 unspecified atom stereocenters. The first-order valence-corrected chi connectivity index (χ1v) is 7.32. The molecule has 0 radical (unpaired) electrons. The normalized spacial score (nSPS) is 18.6. The lowest BCUT2D eigenvalue weighted by molar-refractivity contribution is -0.387. The van der Waals surface area contributed by atoms with Crippen LogP contribution in [0.25, 0.3) is 0 Å². The van der Waals surface area contributed by atoms with Crippen molar-refractivity contribution in [3.05, 3.63) is 39.7 Å². The van der Waals surface area contributed by atoms with Gasteiger partial charge in [0.25, 0.3) is 0 Å². The Hall–Kier alpha value is -2.22. The maximum atomic E-state index is 13.4. The molecule has 1 aliphatic heterocycles. The van der Waals surface area contributed by atoms with E-state index in [0.717, 1.165) is 6.07 Å². The summed E-state index contributed by atoms with van der Waals surface area (Å²) in [4.78, 5) is 23.8. The van der Waals surface area contributed by atoms with Gasteiger partial charge in [-0.15, -0.1) is 0 Å². The standard InChI is InChI=1S/C15H20FN3O4/c1-15(2,3)23-14(20)18-7-6-17-12(9-18)10-4-5-11(16)13(8-10)19(21)22/h4-5,8,12,17H,6-7,9H2,1-3H3. The molecule has 126 valence electrons. The number of amides is 1. The number of nitro groups is 1. The SMILES string of the molecule is CC(C)(C)OC(=O)N1CCNC(c2ccc(F)c([N+](=O)[O-])c2)C1. The quantitative estimate of drug-likeness (QED) is 0.667. The summed E-state index contributed by atoms with van der Waals surface area (Å²) in [5.41, 5.74) is -0.600. The lowest BCUT2D eigenvalue weighted by atomic mass is 10.0. The summed E-state index contributed by atoms with van der Waals surface area (Å²) in [5, 5.41) is 14.0. The molecule has 2 rings (SSSR count). The molecule has 1 heterocycles. The van der Waals surface area contributed by atoms with E-state index in [-0.39, 0.29) is 6.04 Å². The number of nitro benzene ring substituents is 1. The van der Waals surface area contributed by atoms with E-state index in [4.69, 9.17) is 4.74 Å². The highest BCUT2D eigenvalue weighted by molar-refractivity contribution is 5.68. The maximum absolute atomic E-state index is 13.4. The molecule has 0 aromatic heterocycles. The van der Waals surface area contributed by atoms with E-state index in [1.807, 2.05) is 0 Å². The van der Waals surface area contributed by atoms with Gasteiger partial charge in [-0.25, -0.2) is 4.79 Å². The Kier molecular flexibility index (Phi) is 4.84. The van der Waals surface area contributed by atoms with Crippen molar-refractivity contribution in [2.75, 3.05) is 19.6 Å². The Balaban J connectivity index is 2.14. The summed E-state index contributed by atoms with van der Waals surface area (Å²) in [6, 6.07) is 3.45. The topological polar surface area (TPSA) is 84.7 Å². The first kappa shape index (κ1) is 17.1. The van der Waals surface area contributed by atoms with Crippen LogP contribution in [0.4, 0.5) is 14.9 Å². The number of rotatable bonds is 2. The molecule has 7 nitrogen and oxygen atoms in total. The van der Waals surface area contributed by atoms with E-state index in [1.165, 1.54) is 12.1 Å². The number of carbonyl (C=O) groups is 1. The van der Waals surface area contributed by atoms with E-state index < -0.39 is 28.1 Å². The van der Waals surface area contributed by atoms with Crippen LogP contribution in [0.3, 0.4) is 0 Å². The van der Waals surface area contributed by atoms with Crippen molar-refractivity contribution >= 4 is 11.8 Å². The van der Waals surface area contributed by atoms with Gasteiger partial charge in [-0.2, -0.15) is 4.39 Å². The Morgan fingerprint density at radius 1 is 1.48 bits per heavy atom. The summed E-state index contributed by atoms with van der Waals surface area (Å²) in [5.74, 6) is -0.876. The number of ether oxygens (including phenoxy) is 1. The molecule has 1 N–H and O–H groups in total. The molecule has 0 aliphatic carbocycles. The summed E-state index contributed by atoms with van der Waals surface area (Å²) in [6.07, 6.45) is -0.430. The molecule has 0 spiro atoms. The van der Waals surface area contributed by atoms with Crippen molar-refractivity contribution < 1.29 is 18.8 Å². The second-order valence-corrected chi connectivity index (χ2v) is 6.40. The smallest absolute Gasteiger partial charge is 0.410 e. The minimum absolute atomic E-state index is 0.303. The summed E-state index contributed by atoms with van der Waals surface area (Å²) >= 11 is 0. The van der Waals surface area contributed by atoms with Crippen LogP contribution in [-0.2, 0) is 4.74 Å². The summed E-state index contributed by atoms with van der Waals surface area (Å²) in [6.45, 7) is 6.66. The van der Waals surface area contributed by atoms with E-state index in [9.17, 15) is 19.3 Å². The van der Waals surface area contributed by atoms with Gasteiger partial charge < -0.3 is 15.0 Å². The molecule has 0 saturated carbocycles. The van der Waals surface area contributed by atoms with Crippen LogP contribution in [-0.4, -0.2) is 41.2 Å². The molecule has 8 heteroatoms. The molecule has 1 fully saturated rings. The van der Waals surface area contributed by atoms with Gasteiger partial charge in [-0.1, -0.05) is 6.07 Å². The molecule has 1 aromatic carbocycles. The molecule has 1 amide bonds. The molecule has 1 aliphatic rings. The van der Waals surface area contributed by atoms with Crippen molar-refractivity contribution in [2.45, 2.75) is 32.4 Å². The van der Waals surface area contributed by atoms with Gasteiger partial charge in [0.05, 0.1) is 11.0 Å². The zero-order valence-electron chi connectivity index (χ0n) is 13.3. The minimum Gasteiger partial charge on any atom is -0.444 e. The van der Waals surface area contributed by atoms with Crippen LogP contribution >= 0.6 is 0 Å². The monoisotopic (exact) mass is 325 g/mol. The second-order valence-electron chi connectivity index (χ2n) is 6.40. The molecular weight excluding hydrogens is 305 g/mol. The zero-order valence-corrected chi connectivity index (χ0v) is 13.3. The zero-order chi connectivity index (χ0) is 17.2. The average molecular weight is 325 g/mol. The molecule has 1 atom stereocenters. The number of hydrogen-bond acceptors (Lipinski definition) is 5. The molecule has 1 saturated heterocycles. The lowest BCUT2D eigenvalue weighted by Gasteiger charge is -2.35. The van der Waals surface area contributed by atoms with Crippen LogP contribution < -0.4 is 5.32 Å². The van der Waals surface area contributed by atoms with Crippen molar-refractivity contribution in [2.24, 2.45) is 0 Å². The van der Waals surface area contributed by atoms with Crippen LogP contribution in [0.1, 0.15) is 32.4 Å². The van der Waals surface area contributed by atoms with Crippen LogP contribution in [0.5, 0.6) is 0 Å². The van der Waals surface area contributed by atoms with Gasteiger partial charge >= 0.3 is 11.8 Å². The van der Waals surface area contributed by atoms with Crippen LogP contribution in [0.15, 0.2) is 18.2 Å². The highest BCUT2D eigenvalue weighted by Crippen LogP contribution is 2.25. The number of hydrogen-bond donors (Lipinski definition) is 1. The van der Waals surface area contributed by atoms with Crippen molar-refractivity contribution in [1.82, 2.24) is 10.2 Å². The van der Waals surface area contributed by atoms with Crippen molar-refractivity contribution in [3.8, 4) is 0 Å². The van der Waals surface area contributed by atoms with E-state index in [1.54, 1.807) is 25.7 Å². The number of nitrogens with zero attached hydrogens (tertiary/aromatic N) is 2. The van der Waals surface area contributed by atoms with Crippen LogP contribution in [0.2, 0.25) is 0 Å². The van der Waals surface area contributed by atoms with E-state index in [2.05, 4.69) is 5.32 Å². The Morgan fingerprint density at radius 2 is 2.17 bits per heavy atom. The Morgan fingerprint density at radius 3 is 2.78 bits per heavy atom. The fourth-order valence-electron chi connectivity index (χ4n) is 2.35. The highest BCUT2D eigenvalue weighted by Gasteiger charge is 2.29. The fourth-order valence-corrected chi connectivity index (χ4v) is 2.35. The first-order valence-electron chi connectivity index (χ1n) is 7.32.